The van der Waals surface area contributed by atoms with E-state index < -0.39 is 10.9 Å². The van der Waals surface area contributed by atoms with E-state index in [0.717, 1.165) is 6.20 Å². The van der Waals surface area contributed by atoms with Gasteiger partial charge in [0.1, 0.15) is 0 Å². The van der Waals surface area contributed by atoms with Crippen molar-refractivity contribution in [2.75, 3.05) is 7.11 Å². The Morgan fingerprint density at radius 2 is 1.87 bits per heavy atom. The van der Waals surface area contributed by atoms with Crippen LogP contribution in [0.2, 0.25) is 5.02 Å². The summed E-state index contributed by atoms with van der Waals surface area (Å²) in [5, 5.41) is 10.8. The lowest BCUT2D eigenvalue weighted by Crippen LogP contribution is -2.09. The van der Waals surface area contributed by atoms with E-state index in [-0.39, 0.29) is 11.5 Å². The van der Waals surface area contributed by atoms with Crippen LogP contribution in [0, 0.1) is 10.1 Å². The fourth-order valence-corrected chi connectivity index (χ4v) is 1.89. The summed E-state index contributed by atoms with van der Waals surface area (Å²) in [6.45, 7) is 0. The molecule has 7 heteroatoms. The molecule has 0 unspecified atom stereocenters. The molecule has 0 fully saturated rings. The molecule has 0 aliphatic carbocycles. The highest BCUT2D eigenvalue weighted by Gasteiger charge is 2.12. The van der Waals surface area contributed by atoms with Crippen molar-refractivity contribution in [2.24, 2.45) is 0 Å². The summed E-state index contributed by atoms with van der Waals surface area (Å²) in [5.74, 6) is -0.0583. The minimum atomic E-state index is -0.569. The summed E-state index contributed by atoms with van der Waals surface area (Å²) in [7, 11) is 1.41. The molecule has 2 rings (SSSR count). The summed E-state index contributed by atoms with van der Waals surface area (Å²) in [4.78, 5) is 21.8. The highest BCUT2D eigenvalue weighted by Crippen LogP contribution is 2.29. The van der Waals surface area contributed by atoms with Gasteiger partial charge >= 0.3 is 5.97 Å². The van der Waals surface area contributed by atoms with Gasteiger partial charge < -0.3 is 9.47 Å². The highest BCUT2D eigenvalue weighted by atomic mass is 35.5. The third kappa shape index (κ3) is 4.55. The molecule has 2 aromatic carbocycles. The number of hydrogen-bond acceptors (Lipinski definition) is 5. The average molecular weight is 334 g/mol. The number of carbonyl (C=O) groups excluding carboxylic acids is 1. The second-order valence-corrected chi connectivity index (χ2v) is 4.84. The molecule has 0 aliphatic rings. The standard InChI is InChI=1S/C16H12ClNO5/c1-22-15-10-11(8-9-18(20)21)2-7-14(15)23-16(19)12-3-5-13(17)6-4-12/h2-10H,1H3/b9-8+. The predicted octanol–water partition coefficient (Wildman–Crippen LogP) is 3.82. The van der Waals surface area contributed by atoms with Crippen LogP contribution in [0.1, 0.15) is 15.9 Å². The van der Waals surface area contributed by atoms with E-state index in [1.165, 1.54) is 25.3 Å². The minimum absolute atomic E-state index is 0.214. The third-order valence-corrected chi connectivity index (χ3v) is 3.11. The molecule has 23 heavy (non-hydrogen) atoms. The zero-order valence-corrected chi connectivity index (χ0v) is 12.8. The van der Waals surface area contributed by atoms with Crippen molar-refractivity contribution >= 4 is 23.6 Å². The van der Waals surface area contributed by atoms with Crippen molar-refractivity contribution in [2.45, 2.75) is 0 Å². The van der Waals surface area contributed by atoms with Crippen molar-refractivity contribution in [1.82, 2.24) is 0 Å². The van der Waals surface area contributed by atoms with Gasteiger partial charge in [0.25, 0.3) is 0 Å². The Morgan fingerprint density at radius 3 is 2.48 bits per heavy atom. The van der Waals surface area contributed by atoms with E-state index in [1.807, 2.05) is 0 Å². The number of hydrogen-bond donors (Lipinski definition) is 0. The van der Waals surface area contributed by atoms with E-state index >= 15 is 0 Å². The maximum Gasteiger partial charge on any atom is 0.343 e. The number of nitro groups is 1. The Morgan fingerprint density at radius 1 is 1.17 bits per heavy atom. The van der Waals surface area contributed by atoms with Gasteiger partial charge in [-0.1, -0.05) is 17.7 Å². The summed E-state index contributed by atoms with van der Waals surface area (Å²) in [5.41, 5.74) is 0.888. The van der Waals surface area contributed by atoms with E-state index in [4.69, 9.17) is 21.1 Å². The van der Waals surface area contributed by atoms with E-state index in [9.17, 15) is 14.9 Å². The Bertz CT molecular complexity index is 756. The molecule has 0 saturated heterocycles. The van der Waals surface area contributed by atoms with Gasteiger partial charge in [0, 0.05) is 11.1 Å². The fraction of sp³-hybridized carbons (Fsp3) is 0.0625. The lowest BCUT2D eigenvalue weighted by Gasteiger charge is -2.10. The van der Waals surface area contributed by atoms with Crippen LogP contribution in [-0.4, -0.2) is 18.0 Å². The van der Waals surface area contributed by atoms with Gasteiger partial charge in [-0.25, -0.2) is 4.79 Å². The highest BCUT2D eigenvalue weighted by molar-refractivity contribution is 6.30. The second-order valence-electron chi connectivity index (χ2n) is 4.41. The van der Waals surface area contributed by atoms with Gasteiger partial charge in [-0.2, -0.15) is 0 Å². The first kappa shape index (κ1) is 16.5. The molecule has 6 nitrogen and oxygen atoms in total. The number of rotatable bonds is 5. The number of benzene rings is 2. The van der Waals surface area contributed by atoms with Crippen molar-refractivity contribution in [3.8, 4) is 11.5 Å². The Hall–Kier alpha value is -2.86. The van der Waals surface area contributed by atoms with Crippen LogP contribution in [0.15, 0.2) is 48.7 Å². The molecule has 0 radical (unpaired) electrons. The molecule has 0 bridgehead atoms. The molecule has 0 aliphatic heterocycles. The Balaban J connectivity index is 2.20. The van der Waals surface area contributed by atoms with Gasteiger partial charge in [0.05, 0.1) is 17.6 Å². The van der Waals surface area contributed by atoms with E-state index in [1.54, 1.807) is 30.3 Å². The van der Waals surface area contributed by atoms with Crippen molar-refractivity contribution in [3.05, 3.63) is 74.9 Å². The van der Waals surface area contributed by atoms with Crippen molar-refractivity contribution in [3.63, 3.8) is 0 Å². The van der Waals surface area contributed by atoms with Gasteiger partial charge in [-0.05, 0) is 42.0 Å². The SMILES string of the molecule is COc1cc(/C=C/[N+](=O)[O-])ccc1OC(=O)c1ccc(Cl)cc1. The second kappa shape index (κ2) is 7.42. The maximum atomic E-state index is 12.1. The summed E-state index contributed by atoms with van der Waals surface area (Å²) < 4.78 is 10.4. The number of esters is 1. The number of carbonyl (C=O) groups is 1. The van der Waals surface area contributed by atoms with Crippen molar-refractivity contribution in [1.29, 1.82) is 0 Å². The molecule has 0 amide bonds. The number of methoxy groups -OCH3 is 1. The zero-order chi connectivity index (χ0) is 16.8. The van der Waals surface area contributed by atoms with E-state index in [2.05, 4.69) is 0 Å². The van der Waals surface area contributed by atoms with Crippen LogP contribution in [0.25, 0.3) is 6.08 Å². The van der Waals surface area contributed by atoms with Crippen LogP contribution >= 0.6 is 11.6 Å². The normalized spacial score (nSPS) is 10.5. The molecule has 0 aromatic heterocycles. The first-order valence-electron chi connectivity index (χ1n) is 6.47. The topological polar surface area (TPSA) is 78.7 Å². The van der Waals surface area contributed by atoms with Crippen LogP contribution < -0.4 is 9.47 Å². The van der Waals surface area contributed by atoms with Crippen LogP contribution in [0.4, 0.5) is 0 Å². The van der Waals surface area contributed by atoms with Gasteiger partial charge in [-0.15, -0.1) is 0 Å². The Kier molecular flexibility index (Phi) is 5.32. The first-order chi connectivity index (χ1) is 11.0. The minimum Gasteiger partial charge on any atom is -0.493 e. The quantitative estimate of drug-likeness (QED) is 0.360. The summed E-state index contributed by atoms with van der Waals surface area (Å²) >= 11 is 5.77. The number of ether oxygens (including phenoxy) is 2. The van der Waals surface area contributed by atoms with Crippen molar-refractivity contribution < 1.29 is 19.2 Å². The van der Waals surface area contributed by atoms with E-state index in [0.29, 0.717) is 16.1 Å². The van der Waals surface area contributed by atoms with Crippen LogP contribution in [0.5, 0.6) is 11.5 Å². The third-order valence-electron chi connectivity index (χ3n) is 2.86. The molecule has 0 saturated carbocycles. The summed E-state index contributed by atoms with van der Waals surface area (Å²) in [6.07, 6.45) is 2.13. The smallest absolute Gasteiger partial charge is 0.343 e. The molecular weight excluding hydrogens is 322 g/mol. The van der Waals surface area contributed by atoms with Crippen LogP contribution in [-0.2, 0) is 0 Å². The van der Waals surface area contributed by atoms with Crippen LogP contribution in [0.3, 0.4) is 0 Å². The zero-order valence-electron chi connectivity index (χ0n) is 12.1. The van der Waals surface area contributed by atoms with Gasteiger partial charge in [0.15, 0.2) is 11.5 Å². The molecular formula is C16H12ClNO5. The molecule has 118 valence electrons. The van der Waals surface area contributed by atoms with Gasteiger partial charge in [-0.3, -0.25) is 10.1 Å². The molecule has 0 spiro atoms. The molecule has 0 atom stereocenters. The lowest BCUT2D eigenvalue weighted by atomic mass is 10.2. The average Bonchev–Trinajstić information content (AvgIpc) is 2.54. The first-order valence-corrected chi connectivity index (χ1v) is 6.85. The Labute approximate surface area is 137 Å². The predicted molar refractivity (Wildman–Crippen MR) is 85.4 cm³/mol. The largest absolute Gasteiger partial charge is 0.493 e. The number of nitrogens with zero attached hydrogens (tertiary/aromatic N) is 1. The lowest BCUT2D eigenvalue weighted by molar-refractivity contribution is -0.400. The molecule has 0 heterocycles. The van der Waals surface area contributed by atoms with Gasteiger partial charge in [0.2, 0.25) is 6.20 Å². The summed E-state index contributed by atoms with van der Waals surface area (Å²) in [6, 6.07) is 10.9. The monoisotopic (exact) mass is 333 g/mol. The fourth-order valence-electron chi connectivity index (χ4n) is 1.76. The molecule has 0 N–H and O–H groups in total. The molecule has 2 aromatic rings. The maximum absolute atomic E-state index is 12.1. The number of halogens is 1.